The van der Waals surface area contributed by atoms with Crippen LogP contribution >= 0.6 is 0 Å². The summed E-state index contributed by atoms with van der Waals surface area (Å²) < 4.78 is 18.8. The number of nitrogens with one attached hydrogen (secondary N) is 2. The summed E-state index contributed by atoms with van der Waals surface area (Å²) in [5, 5.41) is 2.97. The average molecular weight is 368 g/mol. The number of hydrogen-bond acceptors (Lipinski definition) is 3. The number of benzene rings is 2. The summed E-state index contributed by atoms with van der Waals surface area (Å²) in [5.74, 6) is 0.383. The van der Waals surface area contributed by atoms with Crippen molar-refractivity contribution >= 4 is 17.1 Å². The Morgan fingerprint density at radius 3 is 2.78 bits per heavy atom. The number of rotatable bonds is 4. The predicted molar refractivity (Wildman–Crippen MR) is 100.0 cm³/mol. The SMILES string of the molecule is O=C(NCc1ccc2nc[nH]c2c1)N1CCC(Oc2ccc(F)cc2)CC1. The van der Waals surface area contributed by atoms with E-state index in [1.54, 1.807) is 23.4 Å². The van der Waals surface area contributed by atoms with Crippen molar-refractivity contribution in [3.8, 4) is 5.75 Å². The fourth-order valence-corrected chi connectivity index (χ4v) is 3.26. The molecule has 27 heavy (non-hydrogen) atoms. The number of likely N-dealkylation sites (tertiary alicyclic amines) is 1. The van der Waals surface area contributed by atoms with Gasteiger partial charge < -0.3 is 19.9 Å². The van der Waals surface area contributed by atoms with Gasteiger partial charge in [0.1, 0.15) is 17.7 Å². The van der Waals surface area contributed by atoms with Crippen LogP contribution in [-0.4, -0.2) is 40.1 Å². The van der Waals surface area contributed by atoms with Gasteiger partial charge >= 0.3 is 6.03 Å². The first kappa shape index (κ1) is 17.3. The quantitative estimate of drug-likeness (QED) is 0.741. The van der Waals surface area contributed by atoms with Crippen molar-refractivity contribution in [2.75, 3.05) is 13.1 Å². The zero-order chi connectivity index (χ0) is 18.6. The van der Waals surface area contributed by atoms with Crippen LogP contribution < -0.4 is 10.1 Å². The molecule has 0 aliphatic carbocycles. The van der Waals surface area contributed by atoms with Crippen LogP contribution in [0.1, 0.15) is 18.4 Å². The van der Waals surface area contributed by atoms with Crippen molar-refractivity contribution in [2.45, 2.75) is 25.5 Å². The fraction of sp³-hybridized carbons (Fsp3) is 0.300. The van der Waals surface area contributed by atoms with Gasteiger partial charge in [-0.15, -0.1) is 0 Å². The normalized spacial score (nSPS) is 15.1. The number of aromatic amines is 1. The van der Waals surface area contributed by atoms with E-state index in [1.807, 2.05) is 18.2 Å². The number of urea groups is 1. The molecule has 2 aromatic carbocycles. The van der Waals surface area contributed by atoms with Crippen molar-refractivity contribution in [3.05, 3.63) is 60.2 Å². The number of aromatic nitrogens is 2. The molecule has 2 N–H and O–H groups in total. The molecule has 1 fully saturated rings. The number of fused-ring (bicyclic) bond motifs is 1. The van der Waals surface area contributed by atoms with E-state index < -0.39 is 0 Å². The number of nitrogens with zero attached hydrogens (tertiary/aromatic N) is 2. The first-order valence-corrected chi connectivity index (χ1v) is 9.04. The van der Waals surface area contributed by atoms with E-state index in [4.69, 9.17) is 4.74 Å². The van der Waals surface area contributed by atoms with Crippen molar-refractivity contribution < 1.29 is 13.9 Å². The second-order valence-electron chi connectivity index (χ2n) is 6.67. The smallest absolute Gasteiger partial charge is 0.317 e. The van der Waals surface area contributed by atoms with Gasteiger partial charge in [-0.25, -0.2) is 14.2 Å². The standard InChI is InChI=1S/C20H21FN4O2/c21-15-2-4-16(5-3-15)27-17-7-9-25(10-8-17)20(26)22-12-14-1-6-18-19(11-14)24-13-23-18/h1-6,11,13,17H,7-10,12H2,(H,22,26)(H,23,24). The number of piperidine rings is 1. The van der Waals surface area contributed by atoms with Crippen LogP contribution in [0.2, 0.25) is 0 Å². The summed E-state index contributed by atoms with van der Waals surface area (Å²) in [6, 6.07) is 11.9. The summed E-state index contributed by atoms with van der Waals surface area (Å²) in [6.07, 6.45) is 3.21. The number of hydrogen-bond donors (Lipinski definition) is 2. The molecule has 4 rings (SSSR count). The Labute approximate surface area is 156 Å². The molecule has 0 radical (unpaired) electrons. The molecule has 6 nitrogen and oxygen atoms in total. The van der Waals surface area contributed by atoms with Crippen molar-refractivity contribution in [3.63, 3.8) is 0 Å². The van der Waals surface area contributed by atoms with Gasteiger partial charge in [0.25, 0.3) is 0 Å². The Bertz CT molecular complexity index is 917. The largest absolute Gasteiger partial charge is 0.490 e. The van der Waals surface area contributed by atoms with E-state index in [0.717, 1.165) is 29.4 Å². The lowest BCUT2D eigenvalue weighted by Crippen LogP contribution is -2.46. The highest BCUT2D eigenvalue weighted by Gasteiger charge is 2.23. The van der Waals surface area contributed by atoms with E-state index >= 15 is 0 Å². The molecule has 1 aromatic heterocycles. The van der Waals surface area contributed by atoms with Gasteiger partial charge in [0.2, 0.25) is 0 Å². The van der Waals surface area contributed by atoms with Gasteiger partial charge in [0.15, 0.2) is 0 Å². The predicted octanol–water partition coefficient (Wildman–Crippen LogP) is 3.46. The molecule has 7 heteroatoms. The van der Waals surface area contributed by atoms with Crippen molar-refractivity contribution in [1.29, 1.82) is 0 Å². The Morgan fingerprint density at radius 1 is 1.22 bits per heavy atom. The number of imidazole rings is 1. The molecule has 2 heterocycles. The topological polar surface area (TPSA) is 70.2 Å². The third kappa shape index (κ3) is 4.19. The second kappa shape index (κ2) is 7.65. The highest BCUT2D eigenvalue weighted by atomic mass is 19.1. The molecule has 1 aliphatic rings. The first-order valence-electron chi connectivity index (χ1n) is 9.04. The van der Waals surface area contributed by atoms with Gasteiger partial charge in [-0.3, -0.25) is 0 Å². The van der Waals surface area contributed by atoms with E-state index in [-0.39, 0.29) is 18.0 Å². The van der Waals surface area contributed by atoms with Gasteiger partial charge in [-0.05, 0) is 42.0 Å². The number of carbonyl (C=O) groups is 1. The molecular weight excluding hydrogens is 347 g/mol. The van der Waals surface area contributed by atoms with Crippen LogP contribution in [0.5, 0.6) is 5.75 Å². The highest BCUT2D eigenvalue weighted by Crippen LogP contribution is 2.19. The van der Waals surface area contributed by atoms with E-state index in [0.29, 0.717) is 25.4 Å². The molecule has 0 unspecified atom stereocenters. The number of halogens is 1. The third-order valence-electron chi connectivity index (χ3n) is 4.77. The first-order chi connectivity index (χ1) is 13.2. The fourth-order valence-electron chi connectivity index (χ4n) is 3.26. The minimum Gasteiger partial charge on any atom is -0.490 e. The minimum atomic E-state index is -0.277. The Balaban J connectivity index is 1.25. The van der Waals surface area contributed by atoms with E-state index in [2.05, 4.69) is 15.3 Å². The highest BCUT2D eigenvalue weighted by molar-refractivity contribution is 5.76. The van der Waals surface area contributed by atoms with Gasteiger partial charge in [0.05, 0.1) is 17.4 Å². The van der Waals surface area contributed by atoms with Crippen molar-refractivity contribution in [1.82, 2.24) is 20.2 Å². The van der Waals surface area contributed by atoms with Crippen LogP contribution in [0.25, 0.3) is 11.0 Å². The van der Waals surface area contributed by atoms with Crippen LogP contribution in [0.15, 0.2) is 48.8 Å². The summed E-state index contributed by atoms with van der Waals surface area (Å²) in [7, 11) is 0. The summed E-state index contributed by atoms with van der Waals surface area (Å²) in [4.78, 5) is 21.5. The lowest BCUT2D eigenvalue weighted by Gasteiger charge is -2.32. The van der Waals surface area contributed by atoms with Gasteiger partial charge in [0, 0.05) is 32.5 Å². The second-order valence-corrected chi connectivity index (χ2v) is 6.67. The number of amides is 2. The zero-order valence-corrected chi connectivity index (χ0v) is 14.8. The maximum absolute atomic E-state index is 12.9. The molecule has 1 saturated heterocycles. The van der Waals surface area contributed by atoms with E-state index in [1.165, 1.54) is 12.1 Å². The number of carbonyl (C=O) groups excluding carboxylic acids is 1. The van der Waals surface area contributed by atoms with Crippen LogP contribution in [0.3, 0.4) is 0 Å². The molecule has 3 aromatic rings. The molecule has 2 amide bonds. The number of H-pyrrole nitrogens is 1. The summed E-state index contributed by atoms with van der Waals surface area (Å²) in [6.45, 7) is 1.74. The molecule has 0 atom stereocenters. The molecule has 0 bridgehead atoms. The summed E-state index contributed by atoms with van der Waals surface area (Å²) >= 11 is 0. The number of ether oxygens (including phenoxy) is 1. The van der Waals surface area contributed by atoms with Gasteiger partial charge in [-0.1, -0.05) is 6.07 Å². The average Bonchev–Trinajstić information content (AvgIpc) is 3.16. The van der Waals surface area contributed by atoms with Gasteiger partial charge in [-0.2, -0.15) is 0 Å². The molecule has 1 aliphatic heterocycles. The van der Waals surface area contributed by atoms with Crippen LogP contribution in [0, 0.1) is 5.82 Å². The monoisotopic (exact) mass is 368 g/mol. The maximum Gasteiger partial charge on any atom is 0.317 e. The molecule has 0 spiro atoms. The molecular formula is C20H21FN4O2. The summed E-state index contributed by atoms with van der Waals surface area (Å²) in [5.41, 5.74) is 2.89. The third-order valence-corrected chi connectivity index (χ3v) is 4.77. The van der Waals surface area contributed by atoms with E-state index in [9.17, 15) is 9.18 Å². The molecule has 0 saturated carbocycles. The maximum atomic E-state index is 12.9. The van der Waals surface area contributed by atoms with Crippen LogP contribution in [0.4, 0.5) is 9.18 Å². The lowest BCUT2D eigenvalue weighted by atomic mass is 10.1. The molecule has 140 valence electrons. The van der Waals surface area contributed by atoms with Crippen molar-refractivity contribution in [2.24, 2.45) is 0 Å². The zero-order valence-electron chi connectivity index (χ0n) is 14.8. The minimum absolute atomic E-state index is 0.0438. The van der Waals surface area contributed by atoms with Crippen LogP contribution in [-0.2, 0) is 6.54 Å². The Morgan fingerprint density at radius 2 is 2.00 bits per heavy atom. The lowest BCUT2D eigenvalue weighted by molar-refractivity contribution is 0.111. The Kier molecular flexibility index (Phi) is 4.91. The Hall–Kier alpha value is -3.09.